The molecule has 1 rings (SSSR count). The Morgan fingerprint density at radius 2 is 1.86 bits per heavy atom. The van der Waals surface area contributed by atoms with Crippen molar-refractivity contribution < 1.29 is 24.2 Å². The summed E-state index contributed by atoms with van der Waals surface area (Å²) in [6, 6.07) is -0.481. The molecule has 120 valence electrons. The zero-order valence-electron chi connectivity index (χ0n) is 13.8. The lowest BCUT2D eigenvalue weighted by atomic mass is 10.1. The SMILES string of the molecule is C/C(=C\[C@@H]1[C@@H](C)OC(C)(C)N1C(=O)OC(C)(C)C)C(=O)O. The largest absolute Gasteiger partial charge is 0.478 e. The summed E-state index contributed by atoms with van der Waals surface area (Å²) in [5.41, 5.74) is -1.32. The van der Waals surface area contributed by atoms with Crippen LogP contribution >= 0.6 is 0 Å². The van der Waals surface area contributed by atoms with E-state index in [-0.39, 0.29) is 11.7 Å². The minimum Gasteiger partial charge on any atom is -0.478 e. The predicted octanol–water partition coefficient (Wildman–Crippen LogP) is 2.78. The Morgan fingerprint density at radius 1 is 1.33 bits per heavy atom. The second kappa shape index (κ2) is 5.67. The predicted molar refractivity (Wildman–Crippen MR) is 77.9 cm³/mol. The van der Waals surface area contributed by atoms with Gasteiger partial charge in [0, 0.05) is 5.57 Å². The van der Waals surface area contributed by atoms with Crippen molar-refractivity contribution in [2.75, 3.05) is 0 Å². The van der Waals surface area contributed by atoms with Gasteiger partial charge in [0.2, 0.25) is 0 Å². The van der Waals surface area contributed by atoms with E-state index in [0.29, 0.717) is 0 Å². The number of carbonyl (C=O) groups excluding carboxylic acids is 1. The molecule has 0 aromatic rings. The Balaban J connectivity index is 3.12. The topological polar surface area (TPSA) is 76.1 Å². The highest BCUT2D eigenvalue weighted by atomic mass is 16.6. The fourth-order valence-electron chi connectivity index (χ4n) is 2.34. The molecule has 1 fully saturated rings. The number of carboxylic acids is 1. The molecule has 0 aromatic heterocycles. The van der Waals surface area contributed by atoms with Gasteiger partial charge in [0.25, 0.3) is 0 Å². The Kier molecular flexibility index (Phi) is 4.73. The van der Waals surface area contributed by atoms with Gasteiger partial charge in [-0.25, -0.2) is 9.59 Å². The van der Waals surface area contributed by atoms with Crippen LogP contribution in [0.1, 0.15) is 48.5 Å². The lowest BCUT2D eigenvalue weighted by Crippen LogP contribution is -2.49. The van der Waals surface area contributed by atoms with Crippen molar-refractivity contribution in [2.45, 2.75) is 71.9 Å². The lowest BCUT2D eigenvalue weighted by Gasteiger charge is -2.34. The van der Waals surface area contributed by atoms with Gasteiger partial charge >= 0.3 is 12.1 Å². The van der Waals surface area contributed by atoms with Crippen LogP contribution in [0.25, 0.3) is 0 Å². The quantitative estimate of drug-likeness (QED) is 0.793. The molecule has 1 aliphatic heterocycles. The fourth-order valence-corrected chi connectivity index (χ4v) is 2.34. The molecule has 0 unspecified atom stereocenters. The van der Waals surface area contributed by atoms with Crippen LogP contribution < -0.4 is 0 Å². The van der Waals surface area contributed by atoms with Crippen molar-refractivity contribution in [3.05, 3.63) is 11.6 Å². The van der Waals surface area contributed by atoms with Crippen molar-refractivity contribution in [3.8, 4) is 0 Å². The zero-order valence-corrected chi connectivity index (χ0v) is 13.8. The number of aliphatic carboxylic acids is 1. The molecule has 0 spiro atoms. The van der Waals surface area contributed by atoms with Crippen LogP contribution in [0.5, 0.6) is 0 Å². The van der Waals surface area contributed by atoms with Crippen molar-refractivity contribution in [1.29, 1.82) is 0 Å². The summed E-state index contributed by atoms with van der Waals surface area (Å²) in [5.74, 6) is -1.02. The molecule has 0 saturated carbocycles. The Bertz CT molecular complexity index is 461. The van der Waals surface area contributed by atoms with Crippen LogP contribution in [0.15, 0.2) is 11.6 Å². The van der Waals surface area contributed by atoms with Crippen molar-refractivity contribution in [2.24, 2.45) is 0 Å². The molecule has 0 bridgehead atoms. The number of hydrogen-bond donors (Lipinski definition) is 1. The molecule has 21 heavy (non-hydrogen) atoms. The van der Waals surface area contributed by atoms with E-state index in [9.17, 15) is 9.59 Å². The van der Waals surface area contributed by atoms with Gasteiger partial charge in [0.15, 0.2) is 0 Å². The van der Waals surface area contributed by atoms with Gasteiger partial charge in [0.1, 0.15) is 11.3 Å². The van der Waals surface area contributed by atoms with E-state index in [4.69, 9.17) is 14.6 Å². The summed E-state index contributed by atoms with van der Waals surface area (Å²) in [5, 5.41) is 9.03. The van der Waals surface area contributed by atoms with Crippen LogP contribution in [-0.4, -0.2) is 45.5 Å². The van der Waals surface area contributed by atoms with Gasteiger partial charge in [-0.05, 0) is 54.5 Å². The Hall–Kier alpha value is -1.56. The molecule has 0 radical (unpaired) electrons. The third-order valence-corrected chi connectivity index (χ3v) is 3.18. The first-order chi connectivity index (χ1) is 9.35. The second-order valence-corrected chi connectivity index (χ2v) is 6.77. The summed E-state index contributed by atoms with van der Waals surface area (Å²) in [7, 11) is 0. The Morgan fingerprint density at radius 3 is 2.29 bits per heavy atom. The van der Waals surface area contributed by atoms with E-state index in [1.54, 1.807) is 34.6 Å². The highest BCUT2D eigenvalue weighted by molar-refractivity contribution is 5.86. The minimum atomic E-state index is -1.02. The number of carbonyl (C=O) groups is 2. The maximum atomic E-state index is 12.4. The average molecular weight is 299 g/mol. The fraction of sp³-hybridized carbons (Fsp3) is 0.733. The first-order valence-electron chi connectivity index (χ1n) is 6.97. The Labute approximate surface area is 125 Å². The average Bonchev–Trinajstić information content (AvgIpc) is 2.45. The highest BCUT2D eigenvalue weighted by Crippen LogP contribution is 2.34. The molecular formula is C15H25NO5. The lowest BCUT2D eigenvalue weighted by molar-refractivity contribution is -0.132. The molecule has 1 saturated heterocycles. The summed E-state index contributed by atoms with van der Waals surface area (Å²) < 4.78 is 11.2. The first-order valence-corrected chi connectivity index (χ1v) is 6.97. The highest BCUT2D eigenvalue weighted by Gasteiger charge is 2.48. The standard InChI is InChI=1S/C15H25NO5/c1-9(12(17)18)8-11-10(2)20-15(6,7)16(11)13(19)21-14(3,4)5/h8,10-11H,1-7H3,(H,17,18)/b9-8+/t10-,11-/m1/s1. The molecule has 1 N–H and O–H groups in total. The van der Waals surface area contributed by atoms with E-state index < -0.39 is 29.4 Å². The third kappa shape index (κ3) is 4.20. The number of nitrogens with zero attached hydrogens (tertiary/aromatic N) is 1. The van der Waals surface area contributed by atoms with Gasteiger partial charge in [-0.3, -0.25) is 4.90 Å². The van der Waals surface area contributed by atoms with E-state index in [0.717, 1.165) is 0 Å². The van der Waals surface area contributed by atoms with Crippen LogP contribution in [0.4, 0.5) is 4.79 Å². The number of hydrogen-bond acceptors (Lipinski definition) is 4. The molecular weight excluding hydrogens is 274 g/mol. The maximum Gasteiger partial charge on any atom is 0.413 e. The molecule has 6 heteroatoms. The molecule has 0 aromatic carbocycles. The van der Waals surface area contributed by atoms with E-state index in [1.165, 1.54) is 17.9 Å². The van der Waals surface area contributed by atoms with Gasteiger partial charge in [-0.1, -0.05) is 0 Å². The third-order valence-electron chi connectivity index (χ3n) is 3.18. The molecule has 0 aliphatic carbocycles. The molecule has 1 amide bonds. The molecule has 6 nitrogen and oxygen atoms in total. The van der Waals surface area contributed by atoms with Gasteiger partial charge < -0.3 is 14.6 Å². The zero-order chi connectivity index (χ0) is 16.6. The second-order valence-electron chi connectivity index (χ2n) is 6.77. The monoisotopic (exact) mass is 299 g/mol. The van der Waals surface area contributed by atoms with Gasteiger partial charge in [-0.15, -0.1) is 0 Å². The summed E-state index contributed by atoms with van der Waals surface area (Å²) in [6.07, 6.45) is 0.698. The normalized spacial score (nSPS) is 25.9. The smallest absolute Gasteiger partial charge is 0.413 e. The van der Waals surface area contributed by atoms with Gasteiger partial charge in [0.05, 0.1) is 12.1 Å². The number of rotatable bonds is 2. The maximum absolute atomic E-state index is 12.4. The van der Waals surface area contributed by atoms with Crippen molar-refractivity contribution in [3.63, 3.8) is 0 Å². The van der Waals surface area contributed by atoms with Gasteiger partial charge in [-0.2, -0.15) is 0 Å². The van der Waals surface area contributed by atoms with Crippen LogP contribution in [0.2, 0.25) is 0 Å². The minimum absolute atomic E-state index is 0.168. The molecule has 1 aliphatic rings. The van der Waals surface area contributed by atoms with Crippen LogP contribution in [0.3, 0.4) is 0 Å². The van der Waals surface area contributed by atoms with E-state index in [1.807, 2.05) is 6.92 Å². The number of amides is 1. The number of ether oxygens (including phenoxy) is 2. The summed E-state index contributed by atoms with van der Waals surface area (Å²) in [6.45, 7) is 12.2. The summed E-state index contributed by atoms with van der Waals surface area (Å²) in [4.78, 5) is 24.9. The first kappa shape index (κ1) is 17.5. The summed E-state index contributed by atoms with van der Waals surface area (Å²) >= 11 is 0. The van der Waals surface area contributed by atoms with E-state index >= 15 is 0 Å². The molecule has 2 atom stereocenters. The van der Waals surface area contributed by atoms with Crippen LogP contribution in [-0.2, 0) is 14.3 Å². The van der Waals surface area contributed by atoms with E-state index in [2.05, 4.69) is 0 Å². The van der Waals surface area contributed by atoms with Crippen molar-refractivity contribution >= 4 is 12.1 Å². The number of carboxylic acid groups (broad SMARTS) is 1. The van der Waals surface area contributed by atoms with Crippen LogP contribution in [0, 0.1) is 0 Å². The van der Waals surface area contributed by atoms with Crippen molar-refractivity contribution in [1.82, 2.24) is 4.90 Å². The molecule has 1 heterocycles.